The standard InChI is InChI=1S/C51H91O13P/c1-3-5-7-9-11-13-15-17-19-21-22-24-25-27-29-31-33-35-37-39-44(52)61-41-43(42-62-65(59,60)64-51-49(57)47(55)46(54)48(56)50(51)58)63-45(53)40-38-36-34-32-30-28-26-23-20-18-16-14-12-10-8-6-4-2/h11,13,17,19,22,24,27,29,43,46-51,54-58H,3-10,12,14-16,18,20-21,23,25-26,28,30-42H2,1-2H3,(H,59,60)/b13-11+,19-17+,24-22+,29-27+/t43-,46?,47-,48?,49?,50?,51?/m0/s1. The summed E-state index contributed by atoms with van der Waals surface area (Å²) in [6.45, 7) is 3.27. The molecule has 14 heteroatoms. The number of aliphatic hydroxyl groups excluding tert-OH is 5. The van der Waals surface area contributed by atoms with Crippen molar-refractivity contribution >= 4 is 19.8 Å². The highest BCUT2D eigenvalue weighted by Gasteiger charge is 2.51. The second-order valence-corrected chi connectivity index (χ2v) is 19.1. The molecule has 0 radical (unpaired) electrons. The maximum Gasteiger partial charge on any atom is 0.472 e. The van der Waals surface area contributed by atoms with Gasteiger partial charge in [0.25, 0.3) is 0 Å². The molecule has 0 aromatic heterocycles. The highest BCUT2D eigenvalue weighted by Crippen LogP contribution is 2.47. The maximum absolute atomic E-state index is 12.8. The van der Waals surface area contributed by atoms with Gasteiger partial charge in [0, 0.05) is 12.8 Å². The molecule has 0 aromatic rings. The van der Waals surface area contributed by atoms with Crippen LogP contribution in [0.1, 0.15) is 206 Å². The van der Waals surface area contributed by atoms with Crippen molar-refractivity contribution < 1.29 is 63.1 Å². The van der Waals surface area contributed by atoms with Crippen LogP contribution in [0.5, 0.6) is 0 Å². The average Bonchev–Trinajstić information content (AvgIpc) is 3.29. The predicted octanol–water partition coefficient (Wildman–Crippen LogP) is 10.7. The fourth-order valence-corrected chi connectivity index (χ4v) is 8.54. The van der Waals surface area contributed by atoms with Crippen LogP contribution in [0, 0.1) is 0 Å². The Hall–Kier alpha value is -2.19. The van der Waals surface area contributed by atoms with Gasteiger partial charge in [-0.05, 0) is 57.8 Å². The minimum Gasteiger partial charge on any atom is -0.462 e. The third kappa shape index (κ3) is 33.0. The molecule has 65 heavy (non-hydrogen) atoms. The summed E-state index contributed by atoms with van der Waals surface area (Å²) in [6, 6.07) is 0. The molecule has 0 spiro atoms. The van der Waals surface area contributed by atoms with Gasteiger partial charge in [-0.1, -0.05) is 184 Å². The molecule has 0 heterocycles. The van der Waals surface area contributed by atoms with Crippen LogP contribution >= 0.6 is 7.82 Å². The first-order valence-corrected chi connectivity index (χ1v) is 26.9. The van der Waals surface area contributed by atoms with Crippen molar-refractivity contribution in [2.45, 2.75) is 249 Å². The van der Waals surface area contributed by atoms with Gasteiger partial charge in [-0.25, -0.2) is 4.57 Å². The Bertz CT molecular complexity index is 1320. The normalized spacial score (nSPS) is 21.8. The Morgan fingerprint density at radius 2 is 0.831 bits per heavy atom. The number of carbonyl (C=O) groups excluding carboxylic acids is 2. The van der Waals surface area contributed by atoms with E-state index in [0.717, 1.165) is 70.6 Å². The summed E-state index contributed by atoms with van der Waals surface area (Å²) in [7, 11) is -5.13. The summed E-state index contributed by atoms with van der Waals surface area (Å²) >= 11 is 0. The highest BCUT2D eigenvalue weighted by atomic mass is 31.2. The Morgan fingerprint density at radius 1 is 0.477 bits per heavy atom. The number of aliphatic hydroxyl groups is 5. The van der Waals surface area contributed by atoms with Gasteiger partial charge in [-0.15, -0.1) is 0 Å². The van der Waals surface area contributed by atoms with Crippen molar-refractivity contribution in [1.82, 2.24) is 0 Å². The fraction of sp³-hybridized carbons (Fsp3) is 0.804. The number of unbranched alkanes of at least 4 members (excludes halogenated alkanes) is 22. The van der Waals surface area contributed by atoms with Gasteiger partial charge in [0.05, 0.1) is 6.61 Å². The first-order valence-electron chi connectivity index (χ1n) is 25.4. The molecule has 0 aliphatic heterocycles. The molecule has 8 atom stereocenters. The van der Waals surface area contributed by atoms with Crippen LogP contribution in [0.15, 0.2) is 48.6 Å². The molecule has 1 rings (SSSR count). The molecule has 1 aliphatic carbocycles. The number of rotatable bonds is 42. The zero-order chi connectivity index (χ0) is 47.8. The van der Waals surface area contributed by atoms with Crippen LogP contribution in [-0.4, -0.2) is 98.3 Å². The Kier molecular flexibility index (Phi) is 38.2. The number of carbonyl (C=O) groups is 2. The van der Waals surface area contributed by atoms with E-state index in [1.165, 1.54) is 96.3 Å². The van der Waals surface area contributed by atoms with E-state index in [1.54, 1.807) is 0 Å². The van der Waals surface area contributed by atoms with Crippen molar-refractivity contribution in [2.75, 3.05) is 13.2 Å². The zero-order valence-electron chi connectivity index (χ0n) is 40.3. The van der Waals surface area contributed by atoms with Crippen molar-refractivity contribution in [3.8, 4) is 0 Å². The van der Waals surface area contributed by atoms with E-state index in [4.69, 9.17) is 18.5 Å². The van der Waals surface area contributed by atoms with Gasteiger partial charge < -0.3 is 39.9 Å². The van der Waals surface area contributed by atoms with E-state index in [2.05, 4.69) is 62.5 Å². The minimum absolute atomic E-state index is 0.0916. The number of esters is 2. The summed E-state index contributed by atoms with van der Waals surface area (Å²) in [5, 5.41) is 50.2. The second kappa shape index (κ2) is 40.8. The van der Waals surface area contributed by atoms with Crippen molar-refractivity contribution in [3.05, 3.63) is 48.6 Å². The van der Waals surface area contributed by atoms with E-state index in [9.17, 15) is 44.6 Å². The zero-order valence-corrected chi connectivity index (χ0v) is 41.2. The number of phosphoric ester groups is 1. The molecular weight excluding hydrogens is 852 g/mol. The first kappa shape index (κ1) is 60.8. The van der Waals surface area contributed by atoms with Crippen molar-refractivity contribution in [1.29, 1.82) is 0 Å². The van der Waals surface area contributed by atoms with Crippen LogP contribution in [0.2, 0.25) is 0 Å². The molecule has 0 amide bonds. The van der Waals surface area contributed by atoms with Gasteiger partial charge in [0.2, 0.25) is 0 Å². The van der Waals surface area contributed by atoms with E-state index in [1.807, 2.05) is 0 Å². The molecule has 13 nitrogen and oxygen atoms in total. The lowest BCUT2D eigenvalue weighted by molar-refractivity contribution is -0.220. The average molecular weight is 943 g/mol. The molecule has 378 valence electrons. The van der Waals surface area contributed by atoms with E-state index < -0.39 is 75.7 Å². The summed E-state index contributed by atoms with van der Waals surface area (Å²) in [5.74, 6) is -1.13. The summed E-state index contributed by atoms with van der Waals surface area (Å²) in [5.41, 5.74) is 0. The van der Waals surface area contributed by atoms with Crippen molar-refractivity contribution in [3.63, 3.8) is 0 Å². The third-order valence-electron chi connectivity index (χ3n) is 11.7. The first-order chi connectivity index (χ1) is 31.4. The van der Waals surface area contributed by atoms with E-state index >= 15 is 0 Å². The topological polar surface area (TPSA) is 210 Å². The monoisotopic (exact) mass is 943 g/mol. The summed E-state index contributed by atoms with van der Waals surface area (Å²) in [6.07, 6.45) is 35.8. The third-order valence-corrected chi connectivity index (χ3v) is 12.7. The maximum atomic E-state index is 12.8. The molecule has 0 saturated heterocycles. The second-order valence-electron chi connectivity index (χ2n) is 17.7. The highest BCUT2D eigenvalue weighted by molar-refractivity contribution is 7.47. The number of hydrogen-bond acceptors (Lipinski definition) is 12. The van der Waals surface area contributed by atoms with Crippen LogP contribution in [0.3, 0.4) is 0 Å². The number of allylic oxidation sites excluding steroid dienone is 8. The lowest BCUT2D eigenvalue weighted by atomic mass is 9.85. The number of ether oxygens (including phenoxy) is 2. The van der Waals surface area contributed by atoms with Gasteiger partial charge in [0.1, 0.15) is 43.2 Å². The SMILES string of the molecule is CCCCC/C=C/C/C=C/C/C=C/C/C=C/CCCCCC(=O)OC[C@@H](COP(=O)(O)OC1C(O)C(O)C(O)[C@H](O)C1O)OC(=O)CCCCCCCCCCCCCCCCCCC. The number of hydrogen-bond donors (Lipinski definition) is 6. The van der Waals surface area contributed by atoms with Crippen LogP contribution in [-0.2, 0) is 32.7 Å². The Balaban J connectivity index is 2.43. The Labute approximate surface area is 392 Å². The number of phosphoric acid groups is 1. The largest absolute Gasteiger partial charge is 0.472 e. The molecule has 1 aliphatic rings. The van der Waals surface area contributed by atoms with Crippen molar-refractivity contribution in [2.24, 2.45) is 0 Å². The fourth-order valence-electron chi connectivity index (χ4n) is 7.57. The molecular formula is C51H91O13P. The minimum atomic E-state index is -5.13. The Morgan fingerprint density at radius 3 is 1.29 bits per heavy atom. The molecule has 0 bridgehead atoms. The summed E-state index contributed by atoms with van der Waals surface area (Å²) < 4.78 is 33.6. The molecule has 1 saturated carbocycles. The smallest absolute Gasteiger partial charge is 0.462 e. The molecule has 6 N–H and O–H groups in total. The quantitative estimate of drug-likeness (QED) is 0.0146. The van der Waals surface area contributed by atoms with E-state index in [0.29, 0.717) is 12.8 Å². The van der Waals surface area contributed by atoms with Gasteiger partial charge in [-0.2, -0.15) is 0 Å². The van der Waals surface area contributed by atoms with Gasteiger partial charge in [-0.3, -0.25) is 18.6 Å². The van der Waals surface area contributed by atoms with Gasteiger partial charge in [0.15, 0.2) is 6.10 Å². The van der Waals surface area contributed by atoms with Crippen LogP contribution in [0.25, 0.3) is 0 Å². The van der Waals surface area contributed by atoms with Gasteiger partial charge >= 0.3 is 19.8 Å². The van der Waals surface area contributed by atoms with E-state index in [-0.39, 0.29) is 12.8 Å². The van der Waals surface area contributed by atoms with Crippen LogP contribution < -0.4 is 0 Å². The molecule has 1 fully saturated rings. The van der Waals surface area contributed by atoms with Crippen LogP contribution in [0.4, 0.5) is 0 Å². The lowest BCUT2D eigenvalue weighted by Crippen LogP contribution is -2.64. The predicted molar refractivity (Wildman–Crippen MR) is 258 cm³/mol. The lowest BCUT2D eigenvalue weighted by Gasteiger charge is -2.41. The summed E-state index contributed by atoms with van der Waals surface area (Å²) in [4.78, 5) is 35.8. The molecule has 6 unspecified atom stereocenters. The molecule has 0 aromatic carbocycles.